The van der Waals surface area contributed by atoms with Crippen LogP contribution < -0.4 is 5.73 Å². The number of aryl methyl sites for hydroxylation is 1. The molecule has 8 heteroatoms. The average molecular weight is 305 g/mol. The molecule has 0 aliphatic carbocycles. The first kappa shape index (κ1) is 13.6. The van der Waals surface area contributed by atoms with E-state index in [4.69, 9.17) is 5.73 Å². The zero-order valence-electron chi connectivity index (χ0n) is 11.7. The molecule has 0 amide bonds. The third-order valence-corrected chi connectivity index (χ3v) is 4.94. The van der Waals surface area contributed by atoms with Crippen molar-refractivity contribution in [3.8, 4) is 11.1 Å². The number of benzene rings is 1. The second-order valence-corrected chi connectivity index (χ2v) is 6.88. The molecule has 2 heterocycles. The number of hydrogen-bond donors (Lipinski definition) is 1. The van der Waals surface area contributed by atoms with Gasteiger partial charge in [0, 0.05) is 29.2 Å². The quantitative estimate of drug-likeness (QED) is 0.734. The van der Waals surface area contributed by atoms with Crippen LogP contribution >= 0.6 is 0 Å². The predicted molar refractivity (Wildman–Crippen MR) is 81.2 cm³/mol. The van der Waals surface area contributed by atoms with E-state index in [2.05, 4.69) is 10.2 Å². The number of aromatic nitrogens is 4. The van der Waals surface area contributed by atoms with Gasteiger partial charge in [-0.15, -0.1) is 0 Å². The molecule has 0 radical (unpaired) electrons. The molecular weight excluding hydrogens is 290 g/mol. The molecule has 0 spiro atoms. The van der Waals surface area contributed by atoms with Crippen molar-refractivity contribution in [3.63, 3.8) is 0 Å². The summed E-state index contributed by atoms with van der Waals surface area (Å²) in [4.78, 5) is 0. The van der Waals surface area contributed by atoms with Crippen LogP contribution in [0.2, 0.25) is 0 Å². The maximum absolute atomic E-state index is 11.8. The van der Waals surface area contributed by atoms with Crippen molar-refractivity contribution in [1.29, 1.82) is 0 Å². The maximum Gasteiger partial charge on any atom is 0.253 e. The summed E-state index contributed by atoms with van der Waals surface area (Å²) in [5.41, 5.74) is 8.94. The third-order valence-electron chi connectivity index (χ3n) is 3.44. The van der Waals surface area contributed by atoms with Crippen LogP contribution in [0.3, 0.4) is 0 Å². The molecule has 0 atom stereocenters. The van der Waals surface area contributed by atoms with Gasteiger partial charge in [-0.3, -0.25) is 4.68 Å². The van der Waals surface area contributed by atoms with Gasteiger partial charge in [0.15, 0.2) is 0 Å². The summed E-state index contributed by atoms with van der Waals surface area (Å²) in [5.74, 6) is -0.00956. The summed E-state index contributed by atoms with van der Waals surface area (Å²) >= 11 is 0. The van der Waals surface area contributed by atoms with Crippen LogP contribution in [0.1, 0.15) is 6.92 Å². The molecule has 2 N–H and O–H groups in total. The molecule has 0 aliphatic heterocycles. The lowest BCUT2D eigenvalue weighted by Gasteiger charge is -2.04. The Morgan fingerprint density at radius 3 is 2.71 bits per heavy atom. The Kier molecular flexibility index (Phi) is 2.98. The van der Waals surface area contributed by atoms with E-state index in [1.165, 1.54) is 12.4 Å². The van der Waals surface area contributed by atoms with Crippen molar-refractivity contribution in [2.75, 3.05) is 11.5 Å². The Morgan fingerprint density at radius 1 is 1.24 bits per heavy atom. The van der Waals surface area contributed by atoms with Crippen molar-refractivity contribution in [1.82, 2.24) is 19.0 Å². The molecule has 0 saturated carbocycles. The molecule has 0 aliphatic rings. The van der Waals surface area contributed by atoms with Crippen molar-refractivity contribution >= 4 is 26.6 Å². The molecule has 7 nitrogen and oxygen atoms in total. The molecule has 21 heavy (non-hydrogen) atoms. The van der Waals surface area contributed by atoms with E-state index in [9.17, 15) is 8.42 Å². The number of fused-ring (bicyclic) bond motifs is 1. The number of anilines is 1. The number of hydrogen-bond acceptors (Lipinski definition) is 5. The summed E-state index contributed by atoms with van der Waals surface area (Å²) in [6, 6.07) is 3.71. The Morgan fingerprint density at radius 2 is 2.00 bits per heavy atom. The van der Waals surface area contributed by atoms with Gasteiger partial charge in [-0.25, -0.2) is 8.42 Å². The monoisotopic (exact) mass is 305 g/mol. The number of nitrogens with two attached hydrogens (primary N) is 1. The standard InChI is InChI=1S/C13H15N5O2S/c1-3-21(19,20)18-8-10(7-16-18)11-5-13-9(4-12(11)14)6-15-17(13)2/h4-8H,3,14H2,1-2H3. The van der Waals surface area contributed by atoms with Gasteiger partial charge in [-0.05, 0) is 19.1 Å². The highest BCUT2D eigenvalue weighted by atomic mass is 32.2. The minimum atomic E-state index is -3.39. The first-order valence-corrected chi connectivity index (χ1v) is 8.03. The maximum atomic E-state index is 11.8. The fourth-order valence-corrected chi connectivity index (χ4v) is 2.92. The van der Waals surface area contributed by atoms with Gasteiger partial charge in [0.1, 0.15) is 0 Å². The first-order chi connectivity index (χ1) is 9.92. The minimum Gasteiger partial charge on any atom is -0.398 e. The lowest BCUT2D eigenvalue weighted by molar-refractivity contribution is 0.581. The molecule has 0 bridgehead atoms. The van der Waals surface area contributed by atoms with Crippen molar-refractivity contribution < 1.29 is 8.42 Å². The lowest BCUT2D eigenvalue weighted by Crippen LogP contribution is -2.14. The molecule has 0 fully saturated rings. The Hall–Kier alpha value is -2.35. The van der Waals surface area contributed by atoms with E-state index < -0.39 is 10.0 Å². The summed E-state index contributed by atoms with van der Waals surface area (Å²) in [5, 5.41) is 9.03. The fourth-order valence-electron chi connectivity index (χ4n) is 2.20. The van der Waals surface area contributed by atoms with Crippen molar-refractivity contribution in [2.24, 2.45) is 7.05 Å². The molecular formula is C13H15N5O2S. The van der Waals surface area contributed by atoms with E-state index in [1.54, 1.807) is 17.8 Å². The lowest BCUT2D eigenvalue weighted by atomic mass is 10.1. The molecule has 0 unspecified atom stereocenters. The zero-order chi connectivity index (χ0) is 15.2. The number of nitrogen functional groups attached to an aromatic ring is 1. The zero-order valence-corrected chi connectivity index (χ0v) is 12.5. The van der Waals surface area contributed by atoms with E-state index in [1.807, 2.05) is 19.2 Å². The van der Waals surface area contributed by atoms with Crippen LogP contribution in [-0.4, -0.2) is 33.1 Å². The van der Waals surface area contributed by atoms with E-state index >= 15 is 0 Å². The van der Waals surface area contributed by atoms with E-state index in [0.717, 1.165) is 20.6 Å². The van der Waals surface area contributed by atoms with Gasteiger partial charge in [0.25, 0.3) is 10.0 Å². The number of nitrogens with zero attached hydrogens (tertiary/aromatic N) is 4. The van der Waals surface area contributed by atoms with E-state index in [0.29, 0.717) is 11.3 Å². The normalized spacial score (nSPS) is 12.1. The second-order valence-electron chi connectivity index (χ2n) is 4.77. The highest BCUT2D eigenvalue weighted by Crippen LogP contribution is 2.30. The number of rotatable bonds is 3. The SMILES string of the molecule is CCS(=O)(=O)n1cc(-c2cc3c(cnn3C)cc2N)cn1. The molecule has 3 rings (SSSR count). The van der Waals surface area contributed by atoms with Crippen LogP contribution in [0.4, 0.5) is 5.69 Å². The smallest absolute Gasteiger partial charge is 0.253 e. The Labute approximate surface area is 122 Å². The van der Waals surface area contributed by atoms with Gasteiger partial charge < -0.3 is 5.73 Å². The van der Waals surface area contributed by atoms with E-state index in [-0.39, 0.29) is 5.75 Å². The summed E-state index contributed by atoms with van der Waals surface area (Å²) < 4.78 is 26.3. The van der Waals surface area contributed by atoms with Crippen LogP contribution in [0.25, 0.3) is 22.0 Å². The molecule has 2 aromatic heterocycles. The molecule has 1 aromatic carbocycles. The molecule has 110 valence electrons. The van der Waals surface area contributed by atoms with Gasteiger partial charge >= 0.3 is 0 Å². The average Bonchev–Trinajstić information content (AvgIpc) is 3.06. The first-order valence-electron chi connectivity index (χ1n) is 6.42. The van der Waals surface area contributed by atoms with Gasteiger partial charge in [-0.2, -0.15) is 14.3 Å². The highest BCUT2D eigenvalue weighted by molar-refractivity contribution is 7.89. The fraction of sp³-hybridized carbons (Fsp3) is 0.231. The summed E-state index contributed by atoms with van der Waals surface area (Å²) in [6.07, 6.45) is 4.72. The van der Waals surface area contributed by atoms with Crippen molar-refractivity contribution in [2.45, 2.75) is 6.92 Å². The predicted octanol–water partition coefficient (Wildman–Crippen LogP) is 1.22. The summed E-state index contributed by atoms with van der Waals surface area (Å²) in [7, 11) is -1.55. The van der Waals surface area contributed by atoms with Gasteiger partial charge in [0.05, 0.1) is 29.9 Å². The van der Waals surface area contributed by atoms with Crippen LogP contribution in [0.15, 0.2) is 30.7 Å². The topological polar surface area (TPSA) is 95.8 Å². The summed E-state index contributed by atoms with van der Waals surface area (Å²) in [6.45, 7) is 1.58. The Balaban J connectivity index is 2.16. The molecule has 3 aromatic rings. The van der Waals surface area contributed by atoms with Crippen LogP contribution in [-0.2, 0) is 17.1 Å². The highest BCUT2D eigenvalue weighted by Gasteiger charge is 2.15. The van der Waals surface area contributed by atoms with Crippen LogP contribution in [0.5, 0.6) is 0 Å². The van der Waals surface area contributed by atoms with Gasteiger partial charge in [-0.1, -0.05) is 0 Å². The van der Waals surface area contributed by atoms with Gasteiger partial charge in [0.2, 0.25) is 0 Å². The second kappa shape index (κ2) is 4.59. The van der Waals surface area contributed by atoms with Crippen LogP contribution in [0, 0.1) is 0 Å². The van der Waals surface area contributed by atoms with Crippen molar-refractivity contribution in [3.05, 3.63) is 30.7 Å². The Bertz CT molecular complexity index is 923. The third kappa shape index (κ3) is 2.17. The molecule has 0 saturated heterocycles. The minimum absolute atomic E-state index is 0.00956. The largest absolute Gasteiger partial charge is 0.398 e.